The summed E-state index contributed by atoms with van der Waals surface area (Å²) >= 11 is 0. The molecule has 0 aliphatic rings. The lowest BCUT2D eigenvalue weighted by Crippen LogP contribution is -2.29. The number of nitriles is 1. The topological polar surface area (TPSA) is 88.1 Å². The summed E-state index contributed by atoms with van der Waals surface area (Å²) < 4.78 is 5.27. The van der Waals surface area contributed by atoms with Gasteiger partial charge in [-0.2, -0.15) is 5.26 Å². The van der Waals surface area contributed by atoms with Crippen molar-refractivity contribution in [2.45, 2.75) is 32.9 Å². The SMILES string of the molecule is CCOCc1nc(N)cc(N(C)C(C)CC#N)n1. The van der Waals surface area contributed by atoms with Crippen LogP contribution >= 0.6 is 0 Å². The van der Waals surface area contributed by atoms with Crippen molar-refractivity contribution < 1.29 is 4.74 Å². The van der Waals surface area contributed by atoms with E-state index in [2.05, 4.69) is 16.0 Å². The molecule has 0 saturated carbocycles. The molecule has 98 valence electrons. The van der Waals surface area contributed by atoms with Gasteiger partial charge in [-0.3, -0.25) is 0 Å². The Bertz CT molecular complexity index is 429. The zero-order chi connectivity index (χ0) is 13.5. The highest BCUT2D eigenvalue weighted by molar-refractivity contribution is 5.47. The van der Waals surface area contributed by atoms with E-state index in [1.807, 2.05) is 25.8 Å². The van der Waals surface area contributed by atoms with Crippen LogP contribution in [0.25, 0.3) is 0 Å². The molecule has 0 spiro atoms. The summed E-state index contributed by atoms with van der Waals surface area (Å²) in [5, 5.41) is 8.70. The molecule has 18 heavy (non-hydrogen) atoms. The van der Waals surface area contributed by atoms with Gasteiger partial charge >= 0.3 is 0 Å². The molecule has 0 bridgehead atoms. The van der Waals surface area contributed by atoms with E-state index >= 15 is 0 Å². The molecular weight excluding hydrogens is 230 g/mol. The zero-order valence-electron chi connectivity index (χ0n) is 11.1. The maximum atomic E-state index is 8.70. The highest BCUT2D eigenvalue weighted by atomic mass is 16.5. The van der Waals surface area contributed by atoms with Crippen molar-refractivity contribution in [3.8, 4) is 6.07 Å². The van der Waals surface area contributed by atoms with Gasteiger partial charge in [0.05, 0.1) is 12.5 Å². The van der Waals surface area contributed by atoms with Gasteiger partial charge < -0.3 is 15.4 Å². The Labute approximate surface area is 107 Å². The van der Waals surface area contributed by atoms with Crippen molar-refractivity contribution in [3.63, 3.8) is 0 Å². The van der Waals surface area contributed by atoms with E-state index in [1.165, 1.54) is 0 Å². The molecule has 6 heteroatoms. The standard InChI is InChI=1S/C12H19N5O/c1-4-18-8-11-15-10(14)7-12(16-11)17(3)9(2)5-6-13/h7,9H,4-5,8H2,1-3H3,(H2,14,15,16). The van der Waals surface area contributed by atoms with E-state index in [1.54, 1.807) is 6.07 Å². The van der Waals surface area contributed by atoms with Crippen LogP contribution in [0.1, 0.15) is 26.1 Å². The summed E-state index contributed by atoms with van der Waals surface area (Å²) in [6.45, 7) is 4.82. The lowest BCUT2D eigenvalue weighted by Gasteiger charge is -2.24. The molecule has 1 atom stereocenters. The molecule has 1 heterocycles. The van der Waals surface area contributed by atoms with Crippen LogP contribution in [0.15, 0.2) is 6.07 Å². The van der Waals surface area contributed by atoms with Crippen molar-refractivity contribution in [1.29, 1.82) is 5.26 Å². The molecule has 0 saturated heterocycles. The monoisotopic (exact) mass is 249 g/mol. The molecule has 0 aromatic carbocycles. The van der Waals surface area contributed by atoms with Crippen molar-refractivity contribution in [2.24, 2.45) is 0 Å². The smallest absolute Gasteiger partial charge is 0.158 e. The molecule has 6 nitrogen and oxygen atoms in total. The fraction of sp³-hybridized carbons (Fsp3) is 0.583. The average Bonchev–Trinajstić information content (AvgIpc) is 2.35. The molecule has 0 aliphatic heterocycles. The Morgan fingerprint density at radius 1 is 1.56 bits per heavy atom. The summed E-state index contributed by atoms with van der Waals surface area (Å²) in [7, 11) is 1.88. The first-order chi connectivity index (χ1) is 8.58. The second-order valence-electron chi connectivity index (χ2n) is 4.03. The number of nitrogens with two attached hydrogens (primary N) is 1. The van der Waals surface area contributed by atoms with Gasteiger partial charge in [-0.05, 0) is 13.8 Å². The molecule has 1 rings (SSSR count). The third-order valence-electron chi connectivity index (χ3n) is 2.62. The van der Waals surface area contributed by atoms with Crippen LogP contribution in [0.4, 0.5) is 11.6 Å². The second-order valence-corrected chi connectivity index (χ2v) is 4.03. The van der Waals surface area contributed by atoms with E-state index in [4.69, 9.17) is 15.7 Å². The largest absolute Gasteiger partial charge is 0.384 e. The van der Waals surface area contributed by atoms with Gasteiger partial charge in [-0.1, -0.05) is 0 Å². The molecule has 0 aliphatic carbocycles. The van der Waals surface area contributed by atoms with Crippen molar-refractivity contribution in [3.05, 3.63) is 11.9 Å². The van der Waals surface area contributed by atoms with Crippen LogP contribution in [0.3, 0.4) is 0 Å². The van der Waals surface area contributed by atoms with Crippen LogP contribution in [-0.4, -0.2) is 29.7 Å². The van der Waals surface area contributed by atoms with E-state index in [0.717, 1.165) is 0 Å². The average molecular weight is 249 g/mol. The van der Waals surface area contributed by atoms with E-state index in [-0.39, 0.29) is 6.04 Å². The van der Waals surface area contributed by atoms with Gasteiger partial charge in [0.15, 0.2) is 5.82 Å². The third-order valence-corrected chi connectivity index (χ3v) is 2.62. The predicted molar refractivity (Wildman–Crippen MR) is 69.9 cm³/mol. The molecule has 2 N–H and O–H groups in total. The van der Waals surface area contributed by atoms with Gasteiger partial charge in [-0.25, -0.2) is 9.97 Å². The maximum Gasteiger partial charge on any atom is 0.158 e. The van der Waals surface area contributed by atoms with E-state index in [9.17, 15) is 0 Å². The number of nitrogens with zero attached hydrogens (tertiary/aromatic N) is 4. The molecule has 0 fully saturated rings. The summed E-state index contributed by atoms with van der Waals surface area (Å²) in [5.41, 5.74) is 5.74. The van der Waals surface area contributed by atoms with Crippen molar-refractivity contribution >= 4 is 11.6 Å². The summed E-state index contributed by atoms with van der Waals surface area (Å²) in [4.78, 5) is 10.4. The van der Waals surface area contributed by atoms with Crippen molar-refractivity contribution in [2.75, 3.05) is 24.3 Å². The summed E-state index contributed by atoms with van der Waals surface area (Å²) in [6, 6.07) is 3.91. The molecule has 1 unspecified atom stereocenters. The van der Waals surface area contributed by atoms with Gasteiger partial charge in [0.25, 0.3) is 0 Å². The van der Waals surface area contributed by atoms with Crippen LogP contribution in [0.2, 0.25) is 0 Å². The van der Waals surface area contributed by atoms with Gasteiger partial charge in [-0.15, -0.1) is 0 Å². The van der Waals surface area contributed by atoms with Crippen LogP contribution < -0.4 is 10.6 Å². The lowest BCUT2D eigenvalue weighted by molar-refractivity contribution is 0.128. The Hall–Kier alpha value is -1.87. The minimum absolute atomic E-state index is 0.0734. The van der Waals surface area contributed by atoms with Gasteiger partial charge in [0.1, 0.15) is 18.2 Å². The Balaban J connectivity index is 2.88. The molecular formula is C12H19N5O. The molecule has 1 aromatic heterocycles. The number of ether oxygens (including phenoxy) is 1. The van der Waals surface area contributed by atoms with E-state index in [0.29, 0.717) is 37.1 Å². The number of aromatic nitrogens is 2. The minimum atomic E-state index is 0.0734. The quantitative estimate of drug-likeness (QED) is 0.818. The number of rotatable bonds is 6. The van der Waals surface area contributed by atoms with Gasteiger partial charge in [0, 0.05) is 25.8 Å². The first-order valence-corrected chi connectivity index (χ1v) is 5.89. The summed E-state index contributed by atoms with van der Waals surface area (Å²) in [5.74, 6) is 1.67. The van der Waals surface area contributed by atoms with Crippen LogP contribution in [0, 0.1) is 11.3 Å². The maximum absolute atomic E-state index is 8.70. The molecule has 1 aromatic rings. The fourth-order valence-corrected chi connectivity index (χ4v) is 1.44. The van der Waals surface area contributed by atoms with Crippen LogP contribution in [0.5, 0.6) is 0 Å². The summed E-state index contributed by atoms with van der Waals surface area (Å²) in [6.07, 6.45) is 0.432. The van der Waals surface area contributed by atoms with Gasteiger partial charge in [0.2, 0.25) is 0 Å². The van der Waals surface area contributed by atoms with E-state index < -0.39 is 0 Å². The Morgan fingerprint density at radius 2 is 2.28 bits per heavy atom. The first-order valence-electron chi connectivity index (χ1n) is 5.89. The number of hydrogen-bond acceptors (Lipinski definition) is 6. The third kappa shape index (κ3) is 3.86. The number of anilines is 2. The van der Waals surface area contributed by atoms with Crippen molar-refractivity contribution in [1.82, 2.24) is 9.97 Å². The minimum Gasteiger partial charge on any atom is -0.384 e. The normalized spacial score (nSPS) is 11.9. The number of nitrogen functional groups attached to an aromatic ring is 1. The molecule has 0 radical (unpaired) electrons. The predicted octanol–water partition coefficient (Wildman–Crippen LogP) is 1.33. The Morgan fingerprint density at radius 3 is 2.89 bits per heavy atom. The lowest BCUT2D eigenvalue weighted by atomic mass is 10.2. The molecule has 0 amide bonds. The Kier molecular flexibility index (Phi) is 5.33. The van der Waals surface area contributed by atoms with Crippen LogP contribution in [-0.2, 0) is 11.3 Å². The first kappa shape index (κ1) is 14.2. The second kappa shape index (κ2) is 6.77. The fourth-order valence-electron chi connectivity index (χ4n) is 1.44. The number of hydrogen-bond donors (Lipinski definition) is 1. The highest BCUT2D eigenvalue weighted by Crippen LogP contribution is 2.16. The zero-order valence-corrected chi connectivity index (χ0v) is 11.1. The highest BCUT2D eigenvalue weighted by Gasteiger charge is 2.13.